The first-order valence-electron chi connectivity index (χ1n) is 19.8. The van der Waals surface area contributed by atoms with Crippen molar-refractivity contribution in [1.29, 1.82) is 0 Å². The Morgan fingerprint density at radius 3 is 1.38 bits per heavy atom. The molecule has 0 amide bonds. The van der Waals surface area contributed by atoms with E-state index in [4.69, 9.17) is 0 Å². The fourth-order valence-corrected chi connectivity index (χ4v) is 9.94. The van der Waals surface area contributed by atoms with E-state index in [-0.39, 0.29) is 10.8 Å². The van der Waals surface area contributed by atoms with Gasteiger partial charge < -0.3 is 9.47 Å². The Kier molecular flexibility index (Phi) is 6.98. The van der Waals surface area contributed by atoms with E-state index in [1.165, 1.54) is 88.8 Å². The summed E-state index contributed by atoms with van der Waals surface area (Å²) in [7, 11) is 0. The van der Waals surface area contributed by atoms with Gasteiger partial charge in [0.2, 0.25) is 0 Å². The summed E-state index contributed by atoms with van der Waals surface area (Å²) in [5, 5.41) is 2.55. The molecule has 2 aliphatic carbocycles. The van der Waals surface area contributed by atoms with Crippen LogP contribution in [0.3, 0.4) is 0 Å². The average molecular weight is 719 g/mol. The SMILES string of the molecule is CC1(C)c2ccccc2-c2ccc(N(c3ccc(-c4cccc(-n5c6ccccc6c6ccccc65)c4)cc3)c3ccc4c(c3)C(C)(C)c3ccccc3-4)cc21. The predicted molar refractivity (Wildman–Crippen MR) is 236 cm³/mol. The molecule has 0 aliphatic heterocycles. The number of hydrogen-bond donors (Lipinski definition) is 0. The van der Waals surface area contributed by atoms with E-state index in [0.717, 1.165) is 11.4 Å². The highest BCUT2D eigenvalue weighted by Gasteiger charge is 2.37. The summed E-state index contributed by atoms with van der Waals surface area (Å²) in [5.41, 5.74) is 20.1. The van der Waals surface area contributed by atoms with Crippen molar-refractivity contribution in [3.63, 3.8) is 0 Å². The van der Waals surface area contributed by atoms with E-state index >= 15 is 0 Å². The van der Waals surface area contributed by atoms with E-state index in [9.17, 15) is 0 Å². The highest BCUT2D eigenvalue weighted by Crippen LogP contribution is 2.53. The van der Waals surface area contributed by atoms with Gasteiger partial charge in [-0.05, 0) is 116 Å². The Morgan fingerprint density at radius 1 is 0.357 bits per heavy atom. The van der Waals surface area contributed by atoms with E-state index in [1.807, 2.05) is 0 Å². The standard InChI is InChI=1S/C54H42N2/c1-53(2)47-20-9-5-16-41(47)43-30-28-39(33-49(43)53)55(40-29-31-44-42-17-6-10-21-48(42)54(3,4)50(44)34-40)37-26-24-35(25-27-37)36-14-13-15-38(32-36)56-51-22-11-7-18-45(51)46-19-8-12-23-52(46)56/h5-34H,1-4H3. The molecular weight excluding hydrogens is 677 g/mol. The van der Waals surface area contributed by atoms with Crippen molar-refractivity contribution in [2.45, 2.75) is 38.5 Å². The molecule has 0 atom stereocenters. The number of aromatic nitrogens is 1. The van der Waals surface area contributed by atoms with Gasteiger partial charge in [-0.2, -0.15) is 0 Å². The van der Waals surface area contributed by atoms with Crippen LogP contribution in [0.5, 0.6) is 0 Å². The van der Waals surface area contributed by atoms with E-state index < -0.39 is 0 Å². The molecule has 8 aromatic carbocycles. The van der Waals surface area contributed by atoms with Crippen molar-refractivity contribution in [3.8, 4) is 39.1 Å². The van der Waals surface area contributed by atoms with E-state index in [0.29, 0.717) is 0 Å². The molecule has 56 heavy (non-hydrogen) atoms. The number of hydrogen-bond acceptors (Lipinski definition) is 1. The monoisotopic (exact) mass is 718 g/mol. The molecule has 2 aliphatic rings. The first kappa shape index (κ1) is 32.8. The molecule has 0 fully saturated rings. The number of rotatable bonds is 5. The summed E-state index contributed by atoms with van der Waals surface area (Å²) in [4.78, 5) is 2.46. The molecule has 1 aromatic heterocycles. The Labute approximate surface area is 328 Å². The number of para-hydroxylation sites is 2. The lowest BCUT2D eigenvalue weighted by Gasteiger charge is -2.30. The number of nitrogens with zero attached hydrogens (tertiary/aromatic N) is 2. The van der Waals surface area contributed by atoms with Crippen molar-refractivity contribution >= 4 is 38.9 Å². The lowest BCUT2D eigenvalue weighted by Crippen LogP contribution is -2.18. The Hall–Kier alpha value is -6.64. The smallest absolute Gasteiger partial charge is 0.0541 e. The molecule has 0 spiro atoms. The number of anilines is 3. The highest BCUT2D eigenvalue weighted by atomic mass is 15.1. The van der Waals surface area contributed by atoms with Gasteiger partial charge in [-0.1, -0.05) is 149 Å². The average Bonchev–Trinajstić information content (AvgIpc) is 3.78. The van der Waals surface area contributed by atoms with Gasteiger partial charge in [0.1, 0.15) is 0 Å². The third-order valence-corrected chi connectivity index (χ3v) is 12.8. The van der Waals surface area contributed by atoms with E-state index in [1.54, 1.807) is 0 Å². The van der Waals surface area contributed by atoms with Crippen molar-refractivity contribution in [2.24, 2.45) is 0 Å². The van der Waals surface area contributed by atoms with Crippen LogP contribution >= 0.6 is 0 Å². The van der Waals surface area contributed by atoms with Crippen LogP contribution in [0.4, 0.5) is 17.1 Å². The molecule has 11 rings (SSSR count). The maximum Gasteiger partial charge on any atom is 0.0541 e. The van der Waals surface area contributed by atoms with Crippen molar-refractivity contribution in [1.82, 2.24) is 4.57 Å². The highest BCUT2D eigenvalue weighted by molar-refractivity contribution is 6.09. The lowest BCUT2D eigenvalue weighted by molar-refractivity contribution is 0.660. The summed E-state index contributed by atoms with van der Waals surface area (Å²) >= 11 is 0. The minimum absolute atomic E-state index is 0.0968. The van der Waals surface area contributed by atoms with Gasteiger partial charge in [0, 0.05) is 44.4 Å². The van der Waals surface area contributed by atoms with Crippen molar-refractivity contribution < 1.29 is 0 Å². The second kappa shape index (κ2) is 11.9. The maximum atomic E-state index is 2.46. The van der Waals surface area contributed by atoms with Crippen LogP contribution in [0.15, 0.2) is 182 Å². The van der Waals surface area contributed by atoms with Crippen LogP contribution in [0.2, 0.25) is 0 Å². The maximum absolute atomic E-state index is 2.46. The molecule has 0 radical (unpaired) electrons. The predicted octanol–water partition coefficient (Wildman–Crippen LogP) is 14.5. The van der Waals surface area contributed by atoms with Gasteiger partial charge in [-0.15, -0.1) is 0 Å². The summed E-state index contributed by atoms with van der Waals surface area (Å²) in [5.74, 6) is 0. The zero-order chi connectivity index (χ0) is 37.8. The Balaban J connectivity index is 1.03. The normalized spacial score (nSPS) is 14.4. The minimum atomic E-state index is -0.0968. The third-order valence-electron chi connectivity index (χ3n) is 12.8. The number of benzene rings is 8. The fraction of sp³-hybridized carbons (Fsp3) is 0.111. The lowest BCUT2D eigenvalue weighted by atomic mass is 9.82. The molecule has 0 saturated carbocycles. The van der Waals surface area contributed by atoms with Gasteiger partial charge in [-0.25, -0.2) is 0 Å². The van der Waals surface area contributed by atoms with Crippen molar-refractivity contribution in [2.75, 3.05) is 4.90 Å². The molecule has 0 saturated heterocycles. The van der Waals surface area contributed by atoms with Crippen LogP contribution in [0.25, 0.3) is 60.9 Å². The quantitative estimate of drug-likeness (QED) is 0.172. The summed E-state index contributed by atoms with van der Waals surface area (Å²) in [6, 6.07) is 67.5. The zero-order valence-electron chi connectivity index (χ0n) is 32.2. The van der Waals surface area contributed by atoms with Crippen LogP contribution in [-0.4, -0.2) is 4.57 Å². The van der Waals surface area contributed by atoms with Crippen molar-refractivity contribution in [3.05, 3.63) is 204 Å². The van der Waals surface area contributed by atoms with Gasteiger partial charge in [0.15, 0.2) is 0 Å². The third kappa shape index (κ3) is 4.69. The molecular formula is C54H42N2. The van der Waals surface area contributed by atoms with Gasteiger partial charge in [-0.3, -0.25) is 0 Å². The van der Waals surface area contributed by atoms with Crippen LogP contribution in [0.1, 0.15) is 49.9 Å². The first-order chi connectivity index (χ1) is 27.3. The minimum Gasteiger partial charge on any atom is -0.310 e. The van der Waals surface area contributed by atoms with Gasteiger partial charge in [0.25, 0.3) is 0 Å². The molecule has 2 heteroatoms. The second-order valence-electron chi connectivity index (χ2n) is 16.6. The van der Waals surface area contributed by atoms with Gasteiger partial charge >= 0.3 is 0 Å². The topological polar surface area (TPSA) is 8.17 Å². The van der Waals surface area contributed by atoms with Crippen LogP contribution in [0, 0.1) is 0 Å². The van der Waals surface area contributed by atoms with Crippen LogP contribution < -0.4 is 4.90 Å². The molecule has 9 aromatic rings. The molecule has 0 bridgehead atoms. The summed E-state index contributed by atoms with van der Waals surface area (Å²) in [6.45, 7) is 9.46. The molecule has 0 N–H and O–H groups in total. The molecule has 0 unspecified atom stereocenters. The molecule has 268 valence electrons. The van der Waals surface area contributed by atoms with Gasteiger partial charge in [0.05, 0.1) is 11.0 Å². The Bertz CT molecular complexity index is 2870. The largest absolute Gasteiger partial charge is 0.310 e. The number of fused-ring (bicyclic) bond motifs is 9. The van der Waals surface area contributed by atoms with E-state index in [2.05, 4.69) is 219 Å². The Morgan fingerprint density at radius 2 is 0.821 bits per heavy atom. The first-order valence-corrected chi connectivity index (χ1v) is 19.8. The summed E-state index contributed by atoms with van der Waals surface area (Å²) < 4.78 is 2.39. The zero-order valence-corrected chi connectivity index (χ0v) is 32.2. The van der Waals surface area contributed by atoms with Crippen LogP contribution in [-0.2, 0) is 10.8 Å². The molecule has 1 heterocycles. The summed E-state index contributed by atoms with van der Waals surface area (Å²) in [6.07, 6.45) is 0. The second-order valence-corrected chi connectivity index (χ2v) is 16.6. The molecule has 2 nitrogen and oxygen atoms in total. The fourth-order valence-electron chi connectivity index (χ4n) is 9.94.